The van der Waals surface area contributed by atoms with Crippen molar-refractivity contribution in [2.75, 3.05) is 26.2 Å². The minimum atomic E-state index is 0.0463. The summed E-state index contributed by atoms with van der Waals surface area (Å²) in [5.74, 6) is 1.36. The molecule has 1 saturated heterocycles. The van der Waals surface area contributed by atoms with E-state index in [9.17, 15) is 9.59 Å². The summed E-state index contributed by atoms with van der Waals surface area (Å²) < 4.78 is 2.02. The number of hydrogen-bond donors (Lipinski definition) is 0. The smallest absolute Gasteiger partial charge is 0.255 e. The van der Waals surface area contributed by atoms with Crippen LogP contribution in [-0.4, -0.2) is 57.3 Å². The van der Waals surface area contributed by atoms with Gasteiger partial charge in [-0.15, -0.1) is 0 Å². The lowest BCUT2D eigenvalue weighted by Gasteiger charge is -2.37. The molecule has 1 aliphatic heterocycles. The van der Waals surface area contributed by atoms with Crippen LogP contribution in [0.25, 0.3) is 5.82 Å². The van der Waals surface area contributed by atoms with E-state index in [-0.39, 0.29) is 11.8 Å². The maximum absolute atomic E-state index is 13.2. The lowest BCUT2D eigenvalue weighted by atomic mass is 9.88. The van der Waals surface area contributed by atoms with Gasteiger partial charge in [0.05, 0.1) is 5.56 Å². The molecule has 0 unspecified atom stereocenters. The van der Waals surface area contributed by atoms with Gasteiger partial charge in [-0.3, -0.25) is 9.59 Å². The van der Waals surface area contributed by atoms with Gasteiger partial charge in [-0.25, -0.2) is 4.98 Å². The fourth-order valence-corrected chi connectivity index (χ4v) is 4.73. The van der Waals surface area contributed by atoms with Crippen molar-refractivity contribution in [2.24, 2.45) is 5.92 Å². The van der Waals surface area contributed by atoms with Crippen LogP contribution in [0.2, 0.25) is 0 Å². The Balaban J connectivity index is 1.43. The predicted octanol–water partition coefficient (Wildman–Crippen LogP) is 3.35. The van der Waals surface area contributed by atoms with Crippen LogP contribution in [0.1, 0.15) is 53.8 Å². The predicted molar refractivity (Wildman–Crippen MR) is 112 cm³/mol. The number of aromatic nitrogens is 2. The number of piperazine rings is 1. The topological polar surface area (TPSA) is 58.4 Å². The Morgan fingerprint density at radius 1 is 0.966 bits per heavy atom. The molecule has 0 N–H and O–H groups in total. The first-order valence-corrected chi connectivity index (χ1v) is 10.7. The van der Waals surface area contributed by atoms with Crippen molar-refractivity contribution >= 4 is 11.8 Å². The lowest BCUT2D eigenvalue weighted by molar-refractivity contribution is -0.138. The average molecular weight is 395 g/mol. The van der Waals surface area contributed by atoms with E-state index in [0.717, 1.165) is 35.6 Å². The second-order valence-corrected chi connectivity index (χ2v) is 8.26. The number of aryl methyl sites for hydroxylation is 1. The third-order valence-corrected chi connectivity index (χ3v) is 6.37. The highest BCUT2D eigenvalue weighted by Crippen LogP contribution is 2.26. The van der Waals surface area contributed by atoms with Gasteiger partial charge in [0.25, 0.3) is 5.91 Å². The highest BCUT2D eigenvalue weighted by atomic mass is 16.2. The van der Waals surface area contributed by atoms with Crippen LogP contribution in [0.15, 0.2) is 30.5 Å². The maximum Gasteiger partial charge on any atom is 0.255 e. The first-order chi connectivity index (χ1) is 14.1. The molecule has 2 amide bonds. The van der Waals surface area contributed by atoms with E-state index >= 15 is 0 Å². The lowest BCUT2D eigenvalue weighted by Crippen LogP contribution is -2.52. The molecule has 1 saturated carbocycles. The fourth-order valence-electron chi connectivity index (χ4n) is 4.73. The van der Waals surface area contributed by atoms with Crippen LogP contribution < -0.4 is 0 Å². The Bertz CT molecular complexity index is 876. The summed E-state index contributed by atoms with van der Waals surface area (Å²) in [5.41, 5.74) is 2.63. The molecule has 0 aromatic carbocycles. The first-order valence-electron chi connectivity index (χ1n) is 10.7. The van der Waals surface area contributed by atoms with Gasteiger partial charge in [0.2, 0.25) is 5.91 Å². The number of pyridine rings is 1. The van der Waals surface area contributed by atoms with Crippen molar-refractivity contribution in [3.8, 4) is 5.82 Å². The van der Waals surface area contributed by atoms with Gasteiger partial charge in [0.15, 0.2) is 0 Å². The second-order valence-electron chi connectivity index (χ2n) is 8.26. The van der Waals surface area contributed by atoms with Gasteiger partial charge >= 0.3 is 0 Å². The van der Waals surface area contributed by atoms with Crippen LogP contribution in [0.4, 0.5) is 0 Å². The van der Waals surface area contributed by atoms with Crippen LogP contribution in [0.5, 0.6) is 0 Å². The van der Waals surface area contributed by atoms with Crippen molar-refractivity contribution in [1.82, 2.24) is 19.4 Å². The molecule has 2 fully saturated rings. The van der Waals surface area contributed by atoms with E-state index in [2.05, 4.69) is 4.98 Å². The highest BCUT2D eigenvalue weighted by molar-refractivity contribution is 5.96. The zero-order valence-corrected chi connectivity index (χ0v) is 17.4. The summed E-state index contributed by atoms with van der Waals surface area (Å²) in [5, 5.41) is 0. The SMILES string of the molecule is Cc1cc(C(=O)N2CCN(C(=O)C3CCCCC3)CC2)c(C)n1-c1ccccn1. The maximum atomic E-state index is 13.2. The molecule has 0 bridgehead atoms. The average Bonchev–Trinajstić information content (AvgIpc) is 3.08. The van der Waals surface area contributed by atoms with Crippen molar-refractivity contribution in [3.63, 3.8) is 0 Å². The molecule has 2 aliphatic rings. The summed E-state index contributed by atoms with van der Waals surface area (Å²) in [7, 11) is 0. The molecule has 4 rings (SSSR count). The molecule has 0 spiro atoms. The molecule has 29 heavy (non-hydrogen) atoms. The number of hydrogen-bond acceptors (Lipinski definition) is 3. The van der Waals surface area contributed by atoms with E-state index < -0.39 is 0 Å². The van der Waals surface area contributed by atoms with E-state index in [1.165, 1.54) is 19.3 Å². The number of carbonyl (C=O) groups excluding carboxylic acids is 2. The highest BCUT2D eigenvalue weighted by Gasteiger charge is 2.31. The standard InChI is InChI=1S/C23H30N4O2/c1-17-16-20(18(2)27(17)21-10-6-7-11-24-21)23(29)26-14-12-25(13-15-26)22(28)19-8-4-3-5-9-19/h6-7,10-11,16,19H,3-5,8-9,12-15H2,1-2H3. The van der Waals surface area contributed by atoms with E-state index in [1.807, 2.05) is 52.5 Å². The van der Waals surface area contributed by atoms with Gasteiger partial charge in [-0.05, 0) is 44.9 Å². The molecule has 6 heteroatoms. The zero-order valence-electron chi connectivity index (χ0n) is 17.4. The zero-order chi connectivity index (χ0) is 20.4. The Morgan fingerprint density at radius 2 is 1.66 bits per heavy atom. The minimum absolute atomic E-state index is 0.0463. The fraction of sp³-hybridized carbons (Fsp3) is 0.522. The van der Waals surface area contributed by atoms with Crippen LogP contribution >= 0.6 is 0 Å². The summed E-state index contributed by atoms with van der Waals surface area (Å²) in [4.78, 5) is 34.2. The number of nitrogens with zero attached hydrogens (tertiary/aromatic N) is 4. The van der Waals surface area contributed by atoms with E-state index in [1.54, 1.807) is 6.20 Å². The second kappa shape index (κ2) is 8.39. The third kappa shape index (κ3) is 3.93. The molecular formula is C23H30N4O2. The van der Waals surface area contributed by atoms with Gasteiger partial charge in [0.1, 0.15) is 5.82 Å². The summed E-state index contributed by atoms with van der Waals surface area (Å²) in [6.07, 6.45) is 7.40. The molecular weight excluding hydrogens is 364 g/mol. The van der Waals surface area contributed by atoms with Gasteiger partial charge < -0.3 is 14.4 Å². The monoisotopic (exact) mass is 394 g/mol. The number of rotatable bonds is 3. The van der Waals surface area contributed by atoms with Crippen molar-refractivity contribution in [1.29, 1.82) is 0 Å². The molecule has 154 valence electrons. The van der Waals surface area contributed by atoms with Gasteiger partial charge in [-0.2, -0.15) is 0 Å². The summed E-state index contributed by atoms with van der Waals surface area (Å²) in [6.45, 7) is 6.45. The van der Waals surface area contributed by atoms with Crippen LogP contribution in [0.3, 0.4) is 0 Å². The van der Waals surface area contributed by atoms with Crippen molar-refractivity contribution in [2.45, 2.75) is 46.0 Å². The number of amides is 2. The molecule has 0 radical (unpaired) electrons. The summed E-state index contributed by atoms with van der Waals surface area (Å²) >= 11 is 0. The summed E-state index contributed by atoms with van der Waals surface area (Å²) in [6, 6.07) is 7.74. The minimum Gasteiger partial charge on any atom is -0.339 e. The normalized spacial score (nSPS) is 18.1. The molecule has 1 aliphatic carbocycles. The van der Waals surface area contributed by atoms with E-state index in [4.69, 9.17) is 0 Å². The van der Waals surface area contributed by atoms with Crippen molar-refractivity contribution < 1.29 is 9.59 Å². The largest absolute Gasteiger partial charge is 0.339 e. The molecule has 3 heterocycles. The van der Waals surface area contributed by atoms with Gasteiger partial charge in [-0.1, -0.05) is 25.3 Å². The van der Waals surface area contributed by atoms with Crippen LogP contribution in [0, 0.1) is 19.8 Å². The van der Waals surface area contributed by atoms with Crippen LogP contribution in [-0.2, 0) is 4.79 Å². The molecule has 6 nitrogen and oxygen atoms in total. The quantitative estimate of drug-likeness (QED) is 0.802. The Morgan fingerprint density at radius 3 is 2.31 bits per heavy atom. The van der Waals surface area contributed by atoms with Crippen molar-refractivity contribution in [3.05, 3.63) is 47.4 Å². The Hall–Kier alpha value is -2.63. The molecule has 0 atom stereocenters. The first kappa shape index (κ1) is 19.7. The van der Waals surface area contributed by atoms with E-state index in [0.29, 0.717) is 32.1 Å². The molecule has 2 aromatic heterocycles. The molecule has 2 aromatic rings. The van der Waals surface area contributed by atoms with Gasteiger partial charge in [0, 0.05) is 49.7 Å². The third-order valence-electron chi connectivity index (χ3n) is 6.37. The Labute approximate surface area is 172 Å². The number of carbonyl (C=O) groups is 2. The Kier molecular flexibility index (Phi) is 5.69.